The number of benzene rings is 2. The first kappa shape index (κ1) is 15.7. The molecule has 3 rings (SSSR count). The van der Waals surface area contributed by atoms with Crippen LogP contribution < -0.4 is 19.5 Å². The molecule has 0 saturated heterocycles. The number of carbonyl (C=O) groups is 2. The van der Waals surface area contributed by atoms with Gasteiger partial charge in [0, 0.05) is 11.8 Å². The topological polar surface area (TPSA) is 83.1 Å². The fourth-order valence-corrected chi connectivity index (χ4v) is 2.11. The van der Waals surface area contributed by atoms with Crippen molar-refractivity contribution in [1.82, 2.24) is 0 Å². The monoisotopic (exact) mass is 329 g/mol. The van der Waals surface area contributed by atoms with E-state index in [4.69, 9.17) is 18.9 Å². The van der Waals surface area contributed by atoms with Gasteiger partial charge in [-0.15, -0.1) is 0 Å². The molecule has 1 aliphatic heterocycles. The molecule has 0 fully saturated rings. The second kappa shape index (κ2) is 6.91. The van der Waals surface area contributed by atoms with Crippen molar-refractivity contribution in [3.05, 3.63) is 48.0 Å². The van der Waals surface area contributed by atoms with E-state index in [-0.39, 0.29) is 13.4 Å². The molecule has 1 N–H and O–H groups in total. The first-order valence-corrected chi connectivity index (χ1v) is 7.16. The van der Waals surface area contributed by atoms with E-state index in [1.807, 2.05) is 0 Å². The van der Waals surface area contributed by atoms with Gasteiger partial charge in [0.25, 0.3) is 5.91 Å². The van der Waals surface area contributed by atoms with Gasteiger partial charge in [-0.3, -0.25) is 4.79 Å². The van der Waals surface area contributed by atoms with Gasteiger partial charge < -0.3 is 24.3 Å². The lowest BCUT2D eigenvalue weighted by atomic mass is 10.2. The van der Waals surface area contributed by atoms with Crippen molar-refractivity contribution in [2.24, 2.45) is 0 Å². The normalized spacial score (nSPS) is 11.7. The minimum Gasteiger partial charge on any atom is -0.497 e. The third kappa shape index (κ3) is 3.57. The zero-order chi connectivity index (χ0) is 16.9. The van der Waals surface area contributed by atoms with E-state index in [0.29, 0.717) is 28.5 Å². The Kier molecular flexibility index (Phi) is 4.51. The highest BCUT2D eigenvalue weighted by Gasteiger charge is 2.15. The Morgan fingerprint density at radius 2 is 1.83 bits per heavy atom. The summed E-state index contributed by atoms with van der Waals surface area (Å²) in [6.45, 7) is -0.231. The van der Waals surface area contributed by atoms with Crippen LogP contribution in [0.5, 0.6) is 17.2 Å². The van der Waals surface area contributed by atoms with E-state index in [0.717, 1.165) is 0 Å². The maximum absolute atomic E-state index is 11.9. The second-order valence-electron chi connectivity index (χ2n) is 4.92. The van der Waals surface area contributed by atoms with E-state index in [1.165, 1.54) is 7.11 Å². The predicted octanol–water partition coefficient (Wildman–Crippen LogP) is 2.22. The number of hydrogen-bond donors (Lipinski definition) is 1. The van der Waals surface area contributed by atoms with Gasteiger partial charge in [0.1, 0.15) is 5.75 Å². The first-order chi connectivity index (χ1) is 11.7. The molecule has 1 heterocycles. The summed E-state index contributed by atoms with van der Waals surface area (Å²) < 4.78 is 20.4. The Bertz CT molecular complexity index is 756. The zero-order valence-corrected chi connectivity index (χ0v) is 12.9. The summed E-state index contributed by atoms with van der Waals surface area (Å²) in [4.78, 5) is 23.7. The van der Waals surface area contributed by atoms with Crippen LogP contribution in [-0.4, -0.2) is 32.4 Å². The summed E-state index contributed by atoms with van der Waals surface area (Å²) in [5.41, 5.74) is 0.872. The quantitative estimate of drug-likeness (QED) is 0.847. The molecule has 0 unspecified atom stereocenters. The molecule has 0 aliphatic carbocycles. The lowest BCUT2D eigenvalue weighted by Gasteiger charge is -2.07. The molecule has 0 aromatic heterocycles. The smallest absolute Gasteiger partial charge is 0.338 e. The molecular formula is C17H15NO6. The highest BCUT2D eigenvalue weighted by molar-refractivity contribution is 5.95. The lowest BCUT2D eigenvalue weighted by molar-refractivity contribution is -0.119. The SMILES string of the molecule is COc1ccc(C(=O)OCC(=O)Nc2ccc3c(c2)OCO3)cc1. The van der Waals surface area contributed by atoms with Crippen LogP contribution in [0.25, 0.3) is 0 Å². The van der Waals surface area contributed by atoms with Gasteiger partial charge in [-0.2, -0.15) is 0 Å². The van der Waals surface area contributed by atoms with Crippen LogP contribution in [0.1, 0.15) is 10.4 Å². The van der Waals surface area contributed by atoms with Gasteiger partial charge in [-0.25, -0.2) is 4.79 Å². The van der Waals surface area contributed by atoms with Crippen molar-refractivity contribution in [2.75, 3.05) is 25.8 Å². The fourth-order valence-electron chi connectivity index (χ4n) is 2.11. The maximum atomic E-state index is 11.9. The first-order valence-electron chi connectivity index (χ1n) is 7.16. The zero-order valence-electron chi connectivity index (χ0n) is 12.9. The maximum Gasteiger partial charge on any atom is 0.338 e. The van der Waals surface area contributed by atoms with Gasteiger partial charge in [0.05, 0.1) is 12.7 Å². The Hall–Kier alpha value is -3.22. The average Bonchev–Trinajstić information content (AvgIpc) is 3.07. The molecule has 2 aromatic rings. The number of ether oxygens (including phenoxy) is 4. The summed E-state index contributed by atoms with van der Waals surface area (Å²) in [5, 5.41) is 2.62. The van der Waals surface area contributed by atoms with E-state index in [2.05, 4.69) is 5.32 Å². The van der Waals surface area contributed by atoms with Crippen LogP contribution >= 0.6 is 0 Å². The van der Waals surface area contributed by atoms with Gasteiger partial charge in [0.2, 0.25) is 6.79 Å². The Morgan fingerprint density at radius 1 is 1.08 bits per heavy atom. The fraction of sp³-hybridized carbons (Fsp3) is 0.176. The van der Waals surface area contributed by atoms with Crippen molar-refractivity contribution in [1.29, 1.82) is 0 Å². The van der Waals surface area contributed by atoms with Crippen molar-refractivity contribution in [3.8, 4) is 17.2 Å². The van der Waals surface area contributed by atoms with Crippen LogP contribution in [0, 0.1) is 0 Å². The highest BCUT2D eigenvalue weighted by atomic mass is 16.7. The largest absolute Gasteiger partial charge is 0.497 e. The van der Waals surface area contributed by atoms with Crippen molar-refractivity contribution >= 4 is 17.6 Å². The van der Waals surface area contributed by atoms with E-state index in [9.17, 15) is 9.59 Å². The Balaban J connectivity index is 1.52. The van der Waals surface area contributed by atoms with E-state index in [1.54, 1.807) is 42.5 Å². The van der Waals surface area contributed by atoms with Crippen molar-refractivity contribution < 1.29 is 28.5 Å². The molecule has 1 aliphatic rings. The number of fused-ring (bicyclic) bond motifs is 1. The second-order valence-corrected chi connectivity index (χ2v) is 4.92. The molecule has 7 nitrogen and oxygen atoms in total. The third-order valence-corrected chi connectivity index (χ3v) is 3.32. The van der Waals surface area contributed by atoms with Crippen LogP contribution in [0.4, 0.5) is 5.69 Å². The molecule has 2 aromatic carbocycles. The van der Waals surface area contributed by atoms with Gasteiger partial charge in [-0.1, -0.05) is 0 Å². The summed E-state index contributed by atoms with van der Waals surface area (Å²) in [7, 11) is 1.54. The third-order valence-electron chi connectivity index (χ3n) is 3.32. The number of methoxy groups -OCH3 is 1. The average molecular weight is 329 g/mol. The van der Waals surface area contributed by atoms with Gasteiger partial charge >= 0.3 is 5.97 Å². The van der Waals surface area contributed by atoms with Crippen LogP contribution in [-0.2, 0) is 9.53 Å². The number of carbonyl (C=O) groups excluding carboxylic acids is 2. The molecular weight excluding hydrogens is 314 g/mol. The number of nitrogens with one attached hydrogen (secondary N) is 1. The summed E-state index contributed by atoms with van der Waals surface area (Å²) in [5.74, 6) is 0.781. The standard InChI is InChI=1S/C17H15NO6/c1-21-13-5-2-11(3-6-13)17(20)22-9-16(19)18-12-4-7-14-15(8-12)24-10-23-14/h2-8H,9-10H2,1H3,(H,18,19). The van der Waals surface area contributed by atoms with Crippen molar-refractivity contribution in [3.63, 3.8) is 0 Å². The van der Waals surface area contributed by atoms with Gasteiger partial charge in [-0.05, 0) is 36.4 Å². The molecule has 24 heavy (non-hydrogen) atoms. The van der Waals surface area contributed by atoms with Crippen LogP contribution in [0.3, 0.4) is 0 Å². The Morgan fingerprint density at radius 3 is 2.58 bits per heavy atom. The number of anilines is 1. The van der Waals surface area contributed by atoms with Crippen LogP contribution in [0.15, 0.2) is 42.5 Å². The molecule has 0 saturated carbocycles. The predicted molar refractivity (Wildman–Crippen MR) is 84.5 cm³/mol. The molecule has 0 radical (unpaired) electrons. The molecule has 0 bridgehead atoms. The molecule has 0 spiro atoms. The molecule has 7 heteroatoms. The number of esters is 1. The summed E-state index contributed by atoms with van der Waals surface area (Å²) in [6, 6.07) is 11.4. The summed E-state index contributed by atoms with van der Waals surface area (Å²) >= 11 is 0. The minimum atomic E-state index is -0.585. The van der Waals surface area contributed by atoms with E-state index >= 15 is 0 Å². The van der Waals surface area contributed by atoms with E-state index < -0.39 is 11.9 Å². The van der Waals surface area contributed by atoms with Crippen LogP contribution in [0.2, 0.25) is 0 Å². The molecule has 1 amide bonds. The number of rotatable bonds is 5. The minimum absolute atomic E-state index is 0.159. The number of hydrogen-bond acceptors (Lipinski definition) is 6. The summed E-state index contributed by atoms with van der Waals surface area (Å²) in [6.07, 6.45) is 0. The Labute approximate surface area is 138 Å². The number of amides is 1. The molecule has 124 valence electrons. The lowest BCUT2D eigenvalue weighted by Crippen LogP contribution is -2.20. The van der Waals surface area contributed by atoms with Crippen molar-refractivity contribution in [2.45, 2.75) is 0 Å². The van der Waals surface area contributed by atoms with Gasteiger partial charge in [0.15, 0.2) is 18.1 Å². The molecule has 0 atom stereocenters. The highest BCUT2D eigenvalue weighted by Crippen LogP contribution is 2.34.